The van der Waals surface area contributed by atoms with E-state index in [2.05, 4.69) is 10.1 Å². The Kier molecular flexibility index (Phi) is 5.75. The molecular formula is C12H15N2O6-. The largest absolute Gasteiger partial charge is 0.733 e. The Balaban J connectivity index is 2.78. The fraction of sp³-hybridized carbons (Fsp3) is 0.333. The summed E-state index contributed by atoms with van der Waals surface area (Å²) in [7, 11) is 1.32. The molecule has 0 aliphatic carbocycles. The summed E-state index contributed by atoms with van der Waals surface area (Å²) in [5.41, 5.74) is -0.115. The standard InChI is InChI=1S/C12H15N2O6/c1-3-20-11(15)7-13-12(16)8-4-5-10(19-2)9(6-8)14(17)18/h4-6,17H,3,7H2,1-2H3,(H,13,16)/q-1. The van der Waals surface area contributed by atoms with Gasteiger partial charge in [0.25, 0.3) is 5.91 Å². The highest BCUT2D eigenvalue weighted by Gasteiger charge is 2.12. The zero-order valence-electron chi connectivity index (χ0n) is 11.1. The molecule has 2 N–H and O–H groups in total. The van der Waals surface area contributed by atoms with Crippen LogP contribution in [-0.4, -0.2) is 37.3 Å². The Morgan fingerprint density at radius 1 is 1.45 bits per heavy atom. The molecule has 1 rings (SSSR count). The van der Waals surface area contributed by atoms with Crippen LogP contribution < -0.4 is 15.3 Å². The van der Waals surface area contributed by atoms with E-state index < -0.39 is 17.1 Å². The van der Waals surface area contributed by atoms with Gasteiger partial charge in [0, 0.05) is 5.56 Å². The number of esters is 1. The van der Waals surface area contributed by atoms with E-state index in [1.807, 2.05) is 0 Å². The summed E-state index contributed by atoms with van der Waals surface area (Å²) in [4.78, 5) is 22.9. The fourth-order valence-corrected chi connectivity index (χ4v) is 1.45. The molecule has 0 radical (unpaired) electrons. The van der Waals surface area contributed by atoms with Crippen LogP contribution in [0.5, 0.6) is 5.75 Å². The van der Waals surface area contributed by atoms with Crippen molar-refractivity contribution in [3.05, 3.63) is 29.0 Å². The minimum absolute atomic E-state index is 0.0972. The van der Waals surface area contributed by atoms with Gasteiger partial charge in [-0.2, -0.15) is 0 Å². The lowest BCUT2D eigenvalue weighted by Crippen LogP contribution is -2.30. The summed E-state index contributed by atoms with van der Waals surface area (Å²) in [6.45, 7) is 1.59. The summed E-state index contributed by atoms with van der Waals surface area (Å²) < 4.78 is 9.52. The predicted octanol–water partition coefficient (Wildman–Crippen LogP) is 0.681. The van der Waals surface area contributed by atoms with Crippen LogP contribution in [0.3, 0.4) is 0 Å². The second kappa shape index (κ2) is 7.31. The maximum atomic E-state index is 11.8. The van der Waals surface area contributed by atoms with Crippen molar-refractivity contribution in [1.29, 1.82) is 0 Å². The molecule has 0 saturated carbocycles. The number of hydrogen-bond donors (Lipinski definition) is 2. The second-order valence-electron chi connectivity index (χ2n) is 3.65. The smallest absolute Gasteiger partial charge is 0.325 e. The number of benzene rings is 1. The van der Waals surface area contributed by atoms with Crippen LogP contribution in [0.25, 0.3) is 0 Å². The number of amides is 1. The summed E-state index contributed by atoms with van der Waals surface area (Å²) >= 11 is 0. The first-order chi connectivity index (χ1) is 9.49. The number of carbonyl (C=O) groups is 2. The van der Waals surface area contributed by atoms with Crippen LogP contribution >= 0.6 is 0 Å². The van der Waals surface area contributed by atoms with Gasteiger partial charge in [-0.3, -0.25) is 14.8 Å². The molecule has 0 aromatic heterocycles. The van der Waals surface area contributed by atoms with E-state index in [0.717, 1.165) is 6.07 Å². The molecule has 8 heteroatoms. The second-order valence-corrected chi connectivity index (χ2v) is 3.65. The van der Waals surface area contributed by atoms with Gasteiger partial charge in [0.1, 0.15) is 12.3 Å². The van der Waals surface area contributed by atoms with Crippen LogP contribution in [0.15, 0.2) is 18.2 Å². The van der Waals surface area contributed by atoms with Crippen LogP contribution in [0.1, 0.15) is 17.3 Å². The molecule has 20 heavy (non-hydrogen) atoms. The van der Waals surface area contributed by atoms with E-state index >= 15 is 0 Å². The summed E-state index contributed by atoms with van der Waals surface area (Å²) in [6.07, 6.45) is 0. The Labute approximate surface area is 115 Å². The predicted molar refractivity (Wildman–Crippen MR) is 69.6 cm³/mol. The average Bonchev–Trinajstić information content (AvgIpc) is 2.44. The number of nitrogens with one attached hydrogen (secondary N) is 1. The third-order valence-electron chi connectivity index (χ3n) is 2.35. The number of methoxy groups -OCH3 is 1. The lowest BCUT2D eigenvalue weighted by molar-refractivity contribution is -0.141. The summed E-state index contributed by atoms with van der Waals surface area (Å²) in [6, 6.07) is 3.90. The van der Waals surface area contributed by atoms with Crippen molar-refractivity contribution in [2.24, 2.45) is 0 Å². The highest BCUT2D eigenvalue weighted by molar-refractivity contribution is 5.97. The molecule has 0 heterocycles. The molecule has 8 nitrogen and oxygen atoms in total. The Morgan fingerprint density at radius 3 is 2.70 bits per heavy atom. The van der Waals surface area contributed by atoms with Gasteiger partial charge in [0.15, 0.2) is 0 Å². The van der Waals surface area contributed by atoms with E-state index in [4.69, 9.17) is 9.94 Å². The van der Waals surface area contributed by atoms with E-state index in [0.29, 0.717) is 0 Å². The summed E-state index contributed by atoms with van der Waals surface area (Å²) in [5, 5.41) is 21.8. The molecule has 0 aliphatic heterocycles. The Hall–Kier alpha value is -2.32. The van der Waals surface area contributed by atoms with Crippen molar-refractivity contribution in [3.8, 4) is 5.75 Å². The van der Waals surface area contributed by atoms with E-state index in [9.17, 15) is 14.8 Å². The van der Waals surface area contributed by atoms with Crippen molar-refractivity contribution < 1.29 is 24.3 Å². The number of hydrogen-bond acceptors (Lipinski definition) is 7. The van der Waals surface area contributed by atoms with Crippen LogP contribution in [-0.2, 0) is 9.53 Å². The van der Waals surface area contributed by atoms with Crippen LogP contribution in [0.4, 0.5) is 5.69 Å². The minimum Gasteiger partial charge on any atom is -0.733 e. The first-order valence-corrected chi connectivity index (χ1v) is 5.77. The molecule has 110 valence electrons. The maximum absolute atomic E-state index is 11.8. The van der Waals surface area contributed by atoms with Gasteiger partial charge >= 0.3 is 5.97 Å². The van der Waals surface area contributed by atoms with Gasteiger partial charge in [-0.05, 0) is 25.1 Å². The molecule has 0 aliphatic rings. The summed E-state index contributed by atoms with van der Waals surface area (Å²) in [5.74, 6) is -1.03. The van der Waals surface area contributed by atoms with Gasteiger partial charge in [-0.25, -0.2) is 0 Å². The fourth-order valence-electron chi connectivity index (χ4n) is 1.45. The molecule has 0 saturated heterocycles. The highest BCUT2D eigenvalue weighted by atomic mass is 16.8. The first kappa shape index (κ1) is 15.7. The lowest BCUT2D eigenvalue weighted by Gasteiger charge is -2.24. The van der Waals surface area contributed by atoms with Crippen molar-refractivity contribution in [1.82, 2.24) is 5.32 Å². The normalized spacial score (nSPS) is 9.80. The topological polar surface area (TPSA) is 111 Å². The van der Waals surface area contributed by atoms with Crippen molar-refractivity contribution in [2.75, 3.05) is 25.5 Å². The highest BCUT2D eigenvalue weighted by Crippen LogP contribution is 2.27. The molecule has 0 fully saturated rings. The van der Waals surface area contributed by atoms with Crippen LogP contribution in [0, 0.1) is 5.21 Å². The van der Waals surface area contributed by atoms with Crippen molar-refractivity contribution in [2.45, 2.75) is 6.92 Å². The minimum atomic E-state index is -0.580. The maximum Gasteiger partial charge on any atom is 0.325 e. The third kappa shape index (κ3) is 4.11. The number of carbonyl (C=O) groups excluding carboxylic acids is 2. The molecule has 1 aromatic rings. The molecule has 0 atom stereocenters. The van der Waals surface area contributed by atoms with E-state index in [-0.39, 0.29) is 30.2 Å². The molecular weight excluding hydrogens is 268 g/mol. The van der Waals surface area contributed by atoms with Crippen LogP contribution in [0.2, 0.25) is 0 Å². The zero-order valence-corrected chi connectivity index (χ0v) is 11.1. The van der Waals surface area contributed by atoms with Gasteiger partial charge in [0.2, 0.25) is 0 Å². The number of nitrogens with zero attached hydrogens (tertiary/aromatic N) is 1. The molecule has 1 amide bonds. The average molecular weight is 283 g/mol. The van der Waals surface area contributed by atoms with Crippen molar-refractivity contribution >= 4 is 17.6 Å². The molecule has 0 spiro atoms. The Morgan fingerprint density at radius 2 is 2.15 bits per heavy atom. The van der Waals surface area contributed by atoms with E-state index in [1.54, 1.807) is 6.92 Å². The van der Waals surface area contributed by atoms with Gasteiger partial charge in [-0.15, -0.1) is 0 Å². The monoisotopic (exact) mass is 283 g/mol. The Bertz CT molecular complexity index is 489. The van der Waals surface area contributed by atoms with Crippen molar-refractivity contribution in [3.63, 3.8) is 0 Å². The van der Waals surface area contributed by atoms with Gasteiger partial charge < -0.3 is 25.2 Å². The molecule has 0 unspecified atom stereocenters. The quantitative estimate of drug-likeness (QED) is 0.583. The number of ether oxygens (including phenoxy) is 2. The van der Waals surface area contributed by atoms with Gasteiger partial charge in [0.05, 0.1) is 19.4 Å². The number of rotatable bonds is 6. The first-order valence-electron chi connectivity index (χ1n) is 5.77. The lowest BCUT2D eigenvalue weighted by atomic mass is 10.1. The van der Waals surface area contributed by atoms with E-state index in [1.165, 1.54) is 19.2 Å². The SMILES string of the molecule is CCOC(=O)CNC(=O)c1ccc(OC)c(N([O-])O)c1. The molecule has 0 bridgehead atoms. The molecule has 1 aromatic carbocycles. The number of anilines is 1. The zero-order chi connectivity index (χ0) is 15.1. The van der Waals surface area contributed by atoms with Gasteiger partial charge in [-0.1, -0.05) is 0 Å². The third-order valence-corrected chi connectivity index (χ3v) is 2.35.